The summed E-state index contributed by atoms with van der Waals surface area (Å²) in [6.45, 7) is 6.91. The van der Waals surface area contributed by atoms with Crippen molar-refractivity contribution < 1.29 is 13.9 Å². The maximum atomic E-state index is 13.1. The highest BCUT2D eigenvalue weighted by molar-refractivity contribution is 5.68. The molecule has 2 fully saturated rings. The fraction of sp³-hybridized carbons (Fsp3) is 0.917. The van der Waals surface area contributed by atoms with Crippen molar-refractivity contribution in [2.24, 2.45) is 11.8 Å². The lowest BCUT2D eigenvalue weighted by molar-refractivity contribution is 0.0276. The molecule has 2 atom stereocenters. The average Bonchev–Trinajstić information content (AvgIpc) is 2.56. The van der Waals surface area contributed by atoms with E-state index in [1.54, 1.807) is 4.90 Å². The number of alkyl halides is 1. The second kappa shape index (κ2) is 3.90. The number of fused-ring (bicyclic) bond motifs is 1. The Bertz CT molecular complexity index is 273. The van der Waals surface area contributed by atoms with Gasteiger partial charge in [0.25, 0.3) is 0 Å². The standard InChI is InChI=1S/C12H20FNO2/c1-12(2,3)16-11(15)14-6-8-4-10(13)5-9(8)7-14/h8-10H,4-7H2,1-3H3. The topological polar surface area (TPSA) is 29.5 Å². The van der Waals surface area contributed by atoms with E-state index in [0.717, 1.165) is 0 Å². The summed E-state index contributed by atoms with van der Waals surface area (Å²) in [5, 5.41) is 0. The Balaban J connectivity index is 1.88. The molecule has 0 radical (unpaired) electrons. The molecular formula is C12H20FNO2. The summed E-state index contributed by atoms with van der Waals surface area (Å²) in [6.07, 6.45) is 0.321. The van der Waals surface area contributed by atoms with Gasteiger partial charge in [0.1, 0.15) is 11.8 Å². The van der Waals surface area contributed by atoms with Gasteiger partial charge in [0, 0.05) is 13.1 Å². The fourth-order valence-electron chi connectivity index (χ4n) is 2.70. The molecule has 1 aliphatic heterocycles. The van der Waals surface area contributed by atoms with Crippen LogP contribution in [0.25, 0.3) is 0 Å². The van der Waals surface area contributed by atoms with Crippen molar-refractivity contribution in [1.82, 2.24) is 4.90 Å². The third-order valence-electron chi connectivity index (χ3n) is 3.35. The molecule has 1 heterocycles. The minimum Gasteiger partial charge on any atom is -0.444 e. The highest BCUT2D eigenvalue weighted by atomic mass is 19.1. The van der Waals surface area contributed by atoms with Gasteiger partial charge in [-0.3, -0.25) is 0 Å². The van der Waals surface area contributed by atoms with Gasteiger partial charge in [0.15, 0.2) is 0 Å². The van der Waals surface area contributed by atoms with Crippen molar-refractivity contribution in [1.29, 1.82) is 0 Å². The van der Waals surface area contributed by atoms with Crippen LogP contribution in [0.1, 0.15) is 33.6 Å². The number of amides is 1. The summed E-state index contributed by atoms with van der Waals surface area (Å²) in [5.41, 5.74) is -0.447. The second-order valence-electron chi connectivity index (χ2n) is 5.97. The Hall–Kier alpha value is -0.800. The van der Waals surface area contributed by atoms with Crippen molar-refractivity contribution in [3.8, 4) is 0 Å². The quantitative estimate of drug-likeness (QED) is 0.639. The molecule has 16 heavy (non-hydrogen) atoms. The first-order valence-electron chi connectivity index (χ1n) is 5.97. The van der Waals surface area contributed by atoms with Gasteiger partial charge in [-0.15, -0.1) is 0 Å². The van der Waals surface area contributed by atoms with E-state index in [9.17, 15) is 9.18 Å². The molecule has 0 aromatic carbocycles. The molecule has 2 rings (SSSR count). The van der Waals surface area contributed by atoms with E-state index < -0.39 is 11.8 Å². The monoisotopic (exact) mass is 229 g/mol. The molecule has 1 amide bonds. The van der Waals surface area contributed by atoms with Crippen LogP contribution in [-0.4, -0.2) is 35.9 Å². The maximum Gasteiger partial charge on any atom is 0.410 e. The lowest BCUT2D eigenvalue weighted by atomic mass is 10.0. The number of hydrogen-bond donors (Lipinski definition) is 0. The number of rotatable bonds is 0. The van der Waals surface area contributed by atoms with Crippen molar-refractivity contribution in [3.63, 3.8) is 0 Å². The zero-order valence-electron chi connectivity index (χ0n) is 10.2. The van der Waals surface area contributed by atoms with Gasteiger partial charge in [-0.05, 0) is 45.4 Å². The van der Waals surface area contributed by atoms with Crippen LogP contribution in [0.3, 0.4) is 0 Å². The minimum absolute atomic E-state index is 0.252. The number of nitrogens with zero attached hydrogens (tertiary/aromatic N) is 1. The number of hydrogen-bond acceptors (Lipinski definition) is 2. The molecule has 2 aliphatic rings. The summed E-state index contributed by atoms with van der Waals surface area (Å²) in [5.74, 6) is 0.699. The smallest absolute Gasteiger partial charge is 0.410 e. The van der Waals surface area contributed by atoms with Crippen LogP contribution in [0, 0.1) is 11.8 Å². The number of carbonyl (C=O) groups is 1. The molecule has 1 aliphatic carbocycles. The first-order valence-corrected chi connectivity index (χ1v) is 5.97. The van der Waals surface area contributed by atoms with E-state index in [-0.39, 0.29) is 6.09 Å². The molecule has 4 heteroatoms. The van der Waals surface area contributed by atoms with E-state index in [2.05, 4.69) is 0 Å². The molecule has 3 nitrogen and oxygen atoms in total. The molecule has 0 bridgehead atoms. The summed E-state index contributed by atoms with van der Waals surface area (Å²) in [7, 11) is 0. The molecule has 1 saturated heterocycles. The lowest BCUT2D eigenvalue weighted by Crippen LogP contribution is -2.36. The van der Waals surface area contributed by atoms with Gasteiger partial charge in [0.2, 0.25) is 0 Å². The van der Waals surface area contributed by atoms with Crippen molar-refractivity contribution in [2.75, 3.05) is 13.1 Å². The molecule has 0 aromatic heterocycles. The van der Waals surface area contributed by atoms with Crippen LogP contribution in [0.15, 0.2) is 0 Å². The summed E-state index contributed by atoms with van der Waals surface area (Å²) in [4.78, 5) is 13.5. The normalized spacial score (nSPS) is 34.0. The largest absolute Gasteiger partial charge is 0.444 e. The third-order valence-corrected chi connectivity index (χ3v) is 3.35. The van der Waals surface area contributed by atoms with Crippen LogP contribution >= 0.6 is 0 Å². The van der Waals surface area contributed by atoms with Gasteiger partial charge in [-0.25, -0.2) is 9.18 Å². The number of likely N-dealkylation sites (tertiary alicyclic amines) is 1. The van der Waals surface area contributed by atoms with E-state index in [0.29, 0.717) is 37.8 Å². The summed E-state index contributed by atoms with van der Waals surface area (Å²) < 4.78 is 18.4. The highest BCUT2D eigenvalue weighted by Crippen LogP contribution is 2.39. The van der Waals surface area contributed by atoms with Crippen LogP contribution in [0.5, 0.6) is 0 Å². The first kappa shape index (κ1) is 11.7. The van der Waals surface area contributed by atoms with E-state index in [1.807, 2.05) is 20.8 Å². The highest BCUT2D eigenvalue weighted by Gasteiger charge is 2.43. The van der Waals surface area contributed by atoms with Crippen LogP contribution in [0.2, 0.25) is 0 Å². The Kier molecular flexibility index (Phi) is 2.84. The summed E-state index contributed by atoms with van der Waals surface area (Å²) >= 11 is 0. The molecular weight excluding hydrogens is 209 g/mol. The number of ether oxygens (including phenoxy) is 1. The maximum absolute atomic E-state index is 13.1. The lowest BCUT2D eigenvalue weighted by Gasteiger charge is -2.25. The minimum atomic E-state index is -0.657. The number of halogens is 1. The van der Waals surface area contributed by atoms with Gasteiger partial charge >= 0.3 is 6.09 Å². The van der Waals surface area contributed by atoms with Crippen molar-refractivity contribution >= 4 is 6.09 Å². The number of carbonyl (C=O) groups excluding carboxylic acids is 1. The fourth-order valence-corrected chi connectivity index (χ4v) is 2.70. The second-order valence-corrected chi connectivity index (χ2v) is 5.97. The van der Waals surface area contributed by atoms with E-state index >= 15 is 0 Å². The Morgan fingerprint density at radius 1 is 1.25 bits per heavy atom. The molecule has 0 aromatic rings. The predicted molar refractivity (Wildman–Crippen MR) is 58.9 cm³/mol. The average molecular weight is 229 g/mol. The van der Waals surface area contributed by atoms with Crippen molar-refractivity contribution in [2.45, 2.75) is 45.4 Å². The Morgan fingerprint density at radius 2 is 1.75 bits per heavy atom. The van der Waals surface area contributed by atoms with Crippen LogP contribution < -0.4 is 0 Å². The van der Waals surface area contributed by atoms with Gasteiger partial charge in [-0.2, -0.15) is 0 Å². The first-order chi connectivity index (χ1) is 7.35. The third kappa shape index (κ3) is 2.47. The molecule has 92 valence electrons. The summed E-state index contributed by atoms with van der Waals surface area (Å²) in [6, 6.07) is 0. The van der Waals surface area contributed by atoms with Crippen LogP contribution in [0.4, 0.5) is 9.18 Å². The molecule has 2 unspecified atom stereocenters. The molecule has 1 saturated carbocycles. The predicted octanol–water partition coefficient (Wildman–Crippen LogP) is 2.60. The van der Waals surface area contributed by atoms with E-state index in [4.69, 9.17) is 4.74 Å². The SMILES string of the molecule is CC(C)(C)OC(=O)N1CC2CC(F)CC2C1. The molecule has 0 N–H and O–H groups in total. The van der Waals surface area contributed by atoms with Gasteiger partial charge in [-0.1, -0.05) is 0 Å². The van der Waals surface area contributed by atoms with Crippen LogP contribution in [-0.2, 0) is 4.74 Å². The molecule has 0 spiro atoms. The van der Waals surface area contributed by atoms with E-state index in [1.165, 1.54) is 0 Å². The van der Waals surface area contributed by atoms with Gasteiger partial charge < -0.3 is 9.64 Å². The van der Waals surface area contributed by atoms with Gasteiger partial charge in [0.05, 0.1) is 0 Å². The Labute approximate surface area is 95.9 Å². The Morgan fingerprint density at radius 3 is 2.19 bits per heavy atom. The zero-order chi connectivity index (χ0) is 11.9. The zero-order valence-corrected chi connectivity index (χ0v) is 10.2. The van der Waals surface area contributed by atoms with Crippen molar-refractivity contribution in [3.05, 3.63) is 0 Å².